The van der Waals surface area contributed by atoms with Crippen LogP contribution in [0.4, 0.5) is 0 Å². The number of halogens is 1. The van der Waals surface area contributed by atoms with Crippen LogP contribution in [-0.2, 0) is 4.79 Å². The second-order valence-electron chi connectivity index (χ2n) is 2.74. The van der Waals surface area contributed by atoms with Gasteiger partial charge in [0, 0.05) is 0 Å². The van der Waals surface area contributed by atoms with Gasteiger partial charge in [0.1, 0.15) is 6.04 Å². The SMILES string of the molecule is Cl.N[C@H](C(=O)O)c1ccc(C(=O)O)cc1. The van der Waals surface area contributed by atoms with E-state index in [1.54, 1.807) is 0 Å². The molecule has 0 fully saturated rings. The van der Waals surface area contributed by atoms with Gasteiger partial charge in [0.25, 0.3) is 0 Å². The van der Waals surface area contributed by atoms with Gasteiger partial charge in [0.15, 0.2) is 0 Å². The number of hydrogen-bond acceptors (Lipinski definition) is 3. The molecule has 0 amide bonds. The molecule has 0 aliphatic heterocycles. The molecule has 4 N–H and O–H groups in total. The molecule has 0 spiro atoms. The van der Waals surface area contributed by atoms with E-state index in [9.17, 15) is 9.59 Å². The number of carboxylic acids is 2. The Labute approximate surface area is 91.9 Å². The molecule has 1 rings (SSSR count). The zero-order chi connectivity index (χ0) is 10.7. The molecule has 0 radical (unpaired) electrons. The molecule has 6 heteroatoms. The number of aliphatic carboxylic acids is 1. The predicted octanol–water partition coefficient (Wildman–Crippen LogP) is 0.891. The summed E-state index contributed by atoms with van der Waals surface area (Å²) in [6.45, 7) is 0. The minimum absolute atomic E-state index is 0. The molecule has 0 aliphatic rings. The van der Waals surface area contributed by atoms with Gasteiger partial charge in [-0.1, -0.05) is 12.1 Å². The molecule has 0 aliphatic carbocycles. The first-order valence-corrected chi connectivity index (χ1v) is 3.84. The molecule has 0 aromatic heterocycles. The van der Waals surface area contributed by atoms with Gasteiger partial charge in [-0.2, -0.15) is 0 Å². The Kier molecular flexibility index (Phi) is 4.77. The Hall–Kier alpha value is -1.59. The molecule has 0 saturated heterocycles. The fraction of sp³-hybridized carbons (Fsp3) is 0.111. The Morgan fingerprint density at radius 2 is 1.60 bits per heavy atom. The zero-order valence-corrected chi connectivity index (χ0v) is 8.40. The van der Waals surface area contributed by atoms with Gasteiger partial charge in [-0.15, -0.1) is 12.4 Å². The zero-order valence-electron chi connectivity index (χ0n) is 7.58. The van der Waals surface area contributed by atoms with Crippen molar-refractivity contribution in [1.29, 1.82) is 0 Å². The average Bonchev–Trinajstić information content (AvgIpc) is 2.16. The number of nitrogens with two attached hydrogens (primary N) is 1. The number of aromatic carboxylic acids is 1. The number of carbonyl (C=O) groups is 2. The maximum absolute atomic E-state index is 10.5. The summed E-state index contributed by atoms with van der Waals surface area (Å²) < 4.78 is 0. The summed E-state index contributed by atoms with van der Waals surface area (Å²) in [5.41, 5.74) is 5.80. The Morgan fingerprint density at radius 1 is 1.13 bits per heavy atom. The first-order valence-electron chi connectivity index (χ1n) is 3.84. The highest BCUT2D eigenvalue weighted by molar-refractivity contribution is 5.87. The summed E-state index contributed by atoms with van der Waals surface area (Å²) in [6, 6.07) is 4.31. The van der Waals surface area contributed by atoms with Gasteiger partial charge in [0.2, 0.25) is 0 Å². The second-order valence-corrected chi connectivity index (χ2v) is 2.74. The number of benzene rings is 1. The van der Waals surface area contributed by atoms with E-state index in [2.05, 4.69) is 0 Å². The summed E-state index contributed by atoms with van der Waals surface area (Å²) in [4.78, 5) is 20.9. The number of rotatable bonds is 3. The van der Waals surface area contributed by atoms with E-state index in [1.165, 1.54) is 24.3 Å². The monoisotopic (exact) mass is 231 g/mol. The van der Waals surface area contributed by atoms with Crippen molar-refractivity contribution < 1.29 is 19.8 Å². The minimum Gasteiger partial charge on any atom is -0.480 e. The lowest BCUT2D eigenvalue weighted by Gasteiger charge is -2.06. The second kappa shape index (κ2) is 5.33. The molecule has 5 nitrogen and oxygen atoms in total. The summed E-state index contributed by atoms with van der Waals surface area (Å²) >= 11 is 0. The van der Waals surface area contributed by atoms with Crippen molar-refractivity contribution in [3.8, 4) is 0 Å². The molecule has 82 valence electrons. The third-order valence-electron chi connectivity index (χ3n) is 1.78. The molecule has 15 heavy (non-hydrogen) atoms. The van der Waals surface area contributed by atoms with Crippen LogP contribution in [0.3, 0.4) is 0 Å². The first-order chi connectivity index (χ1) is 6.52. The molecule has 0 saturated carbocycles. The van der Waals surface area contributed by atoms with Crippen molar-refractivity contribution in [2.24, 2.45) is 5.73 Å². The molecule has 1 aromatic rings. The fourth-order valence-corrected chi connectivity index (χ4v) is 0.976. The quantitative estimate of drug-likeness (QED) is 0.717. The van der Waals surface area contributed by atoms with Crippen LogP contribution in [0.15, 0.2) is 24.3 Å². The van der Waals surface area contributed by atoms with E-state index in [0.717, 1.165) is 0 Å². The standard InChI is InChI=1S/C9H9NO4.ClH/c10-7(9(13)14)5-1-3-6(4-2-5)8(11)12;/h1-4,7H,10H2,(H,11,12)(H,13,14);1H/t7-;/m0./s1. The first kappa shape index (κ1) is 13.4. The predicted molar refractivity (Wildman–Crippen MR) is 55.2 cm³/mol. The normalized spacial score (nSPS) is 11.3. The largest absolute Gasteiger partial charge is 0.480 e. The topological polar surface area (TPSA) is 101 Å². The number of carboxylic acid groups (broad SMARTS) is 2. The highest BCUT2D eigenvalue weighted by Gasteiger charge is 2.14. The van der Waals surface area contributed by atoms with Crippen LogP contribution in [0.2, 0.25) is 0 Å². The van der Waals surface area contributed by atoms with Crippen LogP contribution >= 0.6 is 12.4 Å². The van der Waals surface area contributed by atoms with E-state index in [-0.39, 0.29) is 18.0 Å². The molecular formula is C9H10ClNO4. The van der Waals surface area contributed by atoms with Crippen LogP contribution in [0.1, 0.15) is 22.0 Å². The van der Waals surface area contributed by atoms with Crippen LogP contribution in [0.25, 0.3) is 0 Å². The lowest BCUT2D eigenvalue weighted by molar-refractivity contribution is -0.138. The Balaban J connectivity index is 0.00000196. The molecule has 0 bridgehead atoms. The van der Waals surface area contributed by atoms with Gasteiger partial charge in [-0.3, -0.25) is 4.79 Å². The van der Waals surface area contributed by atoms with Crippen LogP contribution in [0.5, 0.6) is 0 Å². The van der Waals surface area contributed by atoms with E-state index in [4.69, 9.17) is 15.9 Å². The van der Waals surface area contributed by atoms with Gasteiger partial charge in [-0.25, -0.2) is 4.79 Å². The van der Waals surface area contributed by atoms with Crippen LogP contribution < -0.4 is 5.73 Å². The summed E-state index contributed by atoms with van der Waals surface area (Å²) in [7, 11) is 0. The summed E-state index contributed by atoms with van der Waals surface area (Å²) in [5, 5.41) is 17.1. The minimum atomic E-state index is -1.15. The van der Waals surface area contributed by atoms with E-state index >= 15 is 0 Å². The fourth-order valence-electron chi connectivity index (χ4n) is 0.976. The molecule has 1 aromatic carbocycles. The van der Waals surface area contributed by atoms with Crippen molar-refractivity contribution in [2.45, 2.75) is 6.04 Å². The third-order valence-corrected chi connectivity index (χ3v) is 1.78. The molecule has 1 atom stereocenters. The third kappa shape index (κ3) is 3.23. The summed E-state index contributed by atoms with van der Waals surface area (Å²) in [5.74, 6) is -2.20. The Bertz CT molecular complexity index is 363. The average molecular weight is 232 g/mol. The lowest BCUT2D eigenvalue weighted by Crippen LogP contribution is -2.20. The number of hydrogen-bond donors (Lipinski definition) is 3. The molecular weight excluding hydrogens is 222 g/mol. The van der Waals surface area contributed by atoms with Crippen molar-refractivity contribution in [2.75, 3.05) is 0 Å². The van der Waals surface area contributed by atoms with Gasteiger partial charge >= 0.3 is 11.9 Å². The van der Waals surface area contributed by atoms with Crippen LogP contribution in [0, 0.1) is 0 Å². The maximum Gasteiger partial charge on any atom is 0.335 e. The van der Waals surface area contributed by atoms with Crippen molar-refractivity contribution in [3.05, 3.63) is 35.4 Å². The highest BCUT2D eigenvalue weighted by atomic mass is 35.5. The highest BCUT2D eigenvalue weighted by Crippen LogP contribution is 2.11. The maximum atomic E-state index is 10.5. The van der Waals surface area contributed by atoms with Crippen LogP contribution in [-0.4, -0.2) is 22.2 Å². The Morgan fingerprint density at radius 3 is 1.93 bits per heavy atom. The van der Waals surface area contributed by atoms with Gasteiger partial charge < -0.3 is 15.9 Å². The van der Waals surface area contributed by atoms with Crippen molar-refractivity contribution in [3.63, 3.8) is 0 Å². The van der Waals surface area contributed by atoms with E-state index < -0.39 is 18.0 Å². The van der Waals surface area contributed by atoms with Gasteiger partial charge in [0.05, 0.1) is 5.56 Å². The van der Waals surface area contributed by atoms with E-state index in [1.807, 2.05) is 0 Å². The molecule has 0 unspecified atom stereocenters. The smallest absolute Gasteiger partial charge is 0.335 e. The van der Waals surface area contributed by atoms with Gasteiger partial charge in [-0.05, 0) is 17.7 Å². The van der Waals surface area contributed by atoms with Crippen molar-refractivity contribution in [1.82, 2.24) is 0 Å². The van der Waals surface area contributed by atoms with E-state index in [0.29, 0.717) is 5.56 Å². The summed E-state index contributed by atoms with van der Waals surface area (Å²) in [6.07, 6.45) is 0. The van der Waals surface area contributed by atoms with Crippen molar-refractivity contribution >= 4 is 24.3 Å². The molecule has 0 heterocycles. The lowest BCUT2D eigenvalue weighted by atomic mass is 10.1.